The van der Waals surface area contributed by atoms with E-state index >= 15 is 4.39 Å². The molecule has 0 spiro atoms. The van der Waals surface area contributed by atoms with Crippen LogP contribution in [-0.4, -0.2) is 42.5 Å². The standard InChI is InChI=1S/C24H28FN7O2S/c1-14-11-15(12-26)13-28-19(14)21(33)31-18-9-8-16(25)20(30-18)24(4)17-7-5-6-10-29-35(17,34)23(2,3)22(27)32-24/h8-9,11,13,17H,5-7,10H2,1-4H3,(H2,27,32)(H,30,31,33)/t17-,24+,35-/m1/s1. The number of amides is 1. The van der Waals surface area contributed by atoms with Crippen LogP contribution in [0.25, 0.3) is 0 Å². The lowest BCUT2D eigenvalue weighted by Gasteiger charge is -2.45. The third kappa shape index (κ3) is 3.95. The number of nitrogens with two attached hydrogens (primary N) is 1. The van der Waals surface area contributed by atoms with Gasteiger partial charge < -0.3 is 11.1 Å². The van der Waals surface area contributed by atoms with Crippen LogP contribution < -0.4 is 11.1 Å². The topological polar surface area (TPSA) is 146 Å². The van der Waals surface area contributed by atoms with Gasteiger partial charge in [0.15, 0.2) is 0 Å². The average Bonchev–Trinajstić information content (AvgIpc) is 3.02. The van der Waals surface area contributed by atoms with Crippen LogP contribution in [0.4, 0.5) is 10.2 Å². The zero-order valence-corrected chi connectivity index (χ0v) is 20.9. The van der Waals surface area contributed by atoms with E-state index in [0.29, 0.717) is 24.1 Å². The van der Waals surface area contributed by atoms with Crippen LogP contribution in [0.5, 0.6) is 0 Å². The minimum atomic E-state index is -2.92. The molecular formula is C24H28FN7O2S. The molecule has 1 amide bonds. The second kappa shape index (κ2) is 8.68. The molecule has 0 unspecified atom stereocenters. The highest BCUT2D eigenvalue weighted by molar-refractivity contribution is 7.96. The van der Waals surface area contributed by atoms with E-state index in [-0.39, 0.29) is 23.0 Å². The van der Waals surface area contributed by atoms with Crippen LogP contribution in [0.1, 0.15) is 67.3 Å². The van der Waals surface area contributed by atoms with Gasteiger partial charge >= 0.3 is 0 Å². The summed E-state index contributed by atoms with van der Waals surface area (Å²) in [6.45, 7) is 7.33. The molecule has 0 aromatic carbocycles. The Hall–Kier alpha value is -3.39. The van der Waals surface area contributed by atoms with Crippen molar-refractivity contribution in [1.29, 1.82) is 5.26 Å². The summed E-state index contributed by atoms with van der Waals surface area (Å²) in [6.07, 6.45) is 3.39. The van der Waals surface area contributed by atoms with Crippen molar-refractivity contribution in [2.24, 2.45) is 15.1 Å². The Morgan fingerprint density at radius 3 is 2.74 bits per heavy atom. The molecule has 0 aliphatic carbocycles. The second-order valence-electron chi connectivity index (χ2n) is 9.54. The maximum atomic E-state index is 15.3. The molecule has 2 aromatic rings. The Kier molecular flexibility index (Phi) is 6.13. The first-order valence-electron chi connectivity index (χ1n) is 11.4. The van der Waals surface area contributed by atoms with Gasteiger partial charge in [0.25, 0.3) is 5.91 Å². The van der Waals surface area contributed by atoms with Crippen LogP contribution in [0.15, 0.2) is 33.8 Å². The number of aromatic nitrogens is 2. The largest absolute Gasteiger partial charge is 0.386 e. The molecular weight excluding hydrogens is 469 g/mol. The lowest BCUT2D eigenvalue weighted by molar-refractivity contribution is 0.102. The smallest absolute Gasteiger partial charge is 0.275 e. The molecule has 3 atom stereocenters. The van der Waals surface area contributed by atoms with Crippen LogP contribution in [0.3, 0.4) is 0 Å². The molecule has 0 saturated heterocycles. The number of hydrogen-bond acceptors (Lipinski definition) is 8. The molecule has 11 heteroatoms. The number of anilines is 1. The summed E-state index contributed by atoms with van der Waals surface area (Å²) in [5.74, 6) is -0.961. The molecule has 3 N–H and O–H groups in total. The summed E-state index contributed by atoms with van der Waals surface area (Å²) in [4.78, 5) is 26.0. The molecule has 2 aliphatic heterocycles. The molecule has 0 bridgehead atoms. The van der Waals surface area contributed by atoms with Crippen molar-refractivity contribution in [3.05, 3.63) is 52.7 Å². The zero-order chi connectivity index (χ0) is 25.6. The molecule has 0 fully saturated rings. The van der Waals surface area contributed by atoms with Gasteiger partial charge in [-0.05, 0) is 64.3 Å². The maximum absolute atomic E-state index is 15.3. The van der Waals surface area contributed by atoms with Crippen molar-refractivity contribution < 1.29 is 13.4 Å². The molecule has 9 nitrogen and oxygen atoms in total. The lowest BCUT2D eigenvalue weighted by atomic mass is 9.88. The Bertz CT molecular complexity index is 1410. The third-order valence-corrected chi connectivity index (χ3v) is 10.6. The minimum Gasteiger partial charge on any atom is -0.386 e. The fourth-order valence-electron chi connectivity index (χ4n) is 4.73. The van der Waals surface area contributed by atoms with Crippen LogP contribution in [-0.2, 0) is 15.3 Å². The quantitative estimate of drug-likeness (QED) is 0.664. The minimum absolute atomic E-state index is 0.0481. The fourth-order valence-corrected chi connectivity index (χ4v) is 7.96. The van der Waals surface area contributed by atoms with Gasteiger partial charge in [0, 0.05) is 12.7 Å². The van der Waals surface area contributed by atoms with Crippen molar-refractivity contribution >= 4 is 27.3 Å². The summed E-state index contributed by atoms with van der Waals surface area (Å²) in [5, 5.41) is 11.1. The van der Waals surface area contributed by atoms with E-state index in [1.54, 1.807) is 33.8 Å². The van der Waals surface area contributed by atoms with Crippen LogP contribution in [0.2, 0.25) is 0 Å². The number of amidine groups is 1. The molecule has 35 heavy (non-hydrogen) atoms. The number of carbonyl (C=O) groups excluding carboxylic acids is 1. The second-order valence-corrected chi connectivity index (χ2v) is 12.5. The molecule has 2 aliphatic rings. The van der Waals surface area contributed by atoms with E-state index in [9.17, 15) is 9.00 Å². The van der Waals surface area contributed by atoms with E-state index < -0.39 is 37.0 Å². The Morgan fingerprint density at radius 1 is 1.31 bits per heavy atom. The first-order chi connectivity index (χ1) is 16.4. The summed E-state index contributed by atoms with van der Waals surface area (Å²) in [6, 6.07) is 6.07. The van der Waals surface area contributed by atoms with Gasteiger partial charge in [0.1, 0.15) is 45.2 Å². The van der Waals surface area contributed by atoms with Gasteiger partial charge in [-0.2, -0.15) is 5.26 Å². The summed E-state index contributed by atoms with van der Waals surface area (Å²) >= 11 is 0. The summed E-state index contributed by atoms with van der Waals surface area (Å²) in [7, 11) is -2.92. The monoisotopic (exact) mass is 497 g/mol. The number of rotatable bonds is 3. The number of halogens is 1. The third-order valence-electron chi connectivity index (χ3n) is 6.86. The van der Waals surface area contributed by atoms with Gasteiger partial charge in [-0.3, -0.25) is 9.79 Å². The normalized spacial score (nSPS) is 27.4. The maximum Gasteiger partial charge on any atom is 0.275 e. The number of aliphatic imine (C=N–C) groups is 1. The number of nitrogens with zero attached hydrogens (tertiary/aromatic N) is 5. The van der Waals surface area contributed by atoms with Gasteiger partial charge in [-0.25, -0.2) is 22.9 Å². The number of nitriles is 1. The highest BCUT2D eigenvalue weighted by Crippen LogP contribution is 2.46. The molecule has 0 saturated carbocycles. The van der Waals surface area contributed by atoms with Gasteiger partial charge in [0.2, 0.25) is 0 Å². The number of hydrogen-bond donors (Lipinski definition) is 2. The Balaban J connectivity index is 1.78. The number of carbonyl (C=O) groups is 1. The van der Waals surface area contributed by atoms with E-state index in [0.717, 1.165) is 12.8 Å². The number of nitrogens with one attached hydrogen (secondary N) is 1. The SMILES string of the molecule is Cc1cc(C#N)cnc1C(=O)Nc1ccc(F)c([C@@]2(C)N=C(N)C(C)(C)[S@@]3(=O)=NCCCC[C@H]23)n1. The zero-order valence-electron chi connectivity index (χ0n) is 20.1. The summed E-state index contributed by atoms with van der Waals surface area (Å²) in [5.41, 5.74) is 5.90. The van der Waals surface area contributed by atoms with Crippen molar-refractivity contribution in [3.8, 4) is 6.07 Å². The predicted octanol–water partition coefficient (Wildman–Crippen LogP) is 3.43. The Morgan fingerprint density at radius 2 is 2.06 bits per heavy atom. The van der Waals surface area contributed by atoms with Crippen molar-refractivity contribution in [2.75, 3.05) is 11.9 Å². The van der Waals surface area contributed by atoms with E-state index in [2.05, 4.69) is 24.6 Å². The van der Waals surface area contributed by atoms with Crippen molar-refractivity contribution in [2.45, 2.75) is 62.5 Å². The molecule has 2 aromatic heterocycles. The number of pyridine rings is 2. The highest BCUT2D eigenvalue weighted by atomic mass is 32.2. The van der Waals surface area contributed by atoms with E-state index in [1.165, 1.54) is 18.3 Å². The predicted molar refractivity (Wildman–Crippen MR) is 132 cm³/mol. The average molecular weight is 498 g/mol. The fraction of sp³-hybridized carbons (Fsp3) is 0.458. The molecule has 4 heterocycles. The van der Waals surface area contributed by atoms with Gasteiger partial charge in [0.05, 0.1) is 20.5 Å². The van der Waals surface area contributed by atoms with Crippen molar-refractivity contribution in [1.82, 2.24) is 9.97 Å². The lowest BCUT2D eigenvalue weighted by Crippen LogP contribution is -2.59. The van der Waals surface area contributed by atoms with E-state index in [4.69, 9.17) is 11.0 Å². The highest BCUT2D eigenvalue weighted by Gasteiger charge is 2.56. The first kappa shape index (κ1) is 24.7. The van der Waals surface area contributed by atoms with Crippen LogP contribution >= 0.6 is 0 Å². The van der Waals surface area contributed by atoms with E-state index in [1.807, 2.05) is 6.07 Å². The molecule has 184 valence electrons. The molecule has 4 rings (SSSR count). The summed E-state index contributed by atoms with van der Waals surface area (Å²) < 4.78 is 33.2. The molecule has 0 radical (unpaired) electrons. The van der Waals surface area contributed by atoms with Crippen LogP contribution in [0, 0.1) is 24.1 Å². The first-order valence-corrected chi connectivity index (χ1v) is 12.9. The number of fused-ring (bicyclic) bond motifs is 1. The Labute approximate surface area is 204 Å². The van der Waals surface area contributed by atoms with Gasteiger partial charge in [-0.1, -0.05) is 6.42 Å². The number of aryl methyl sites for hydroxylation is 1. The van der Waals surface area contributed by atoms with Crippen molar-refractivity contribution in [3.63, 3.8) is 0 Å². The van der Waals surface area contributed by atoms with Gasteiger partial charge in [-0.15, -0.1) is 0 Å².